The van der Waals surface area contributed by atoms with E-state index >= 15 is 0 Å². The Balaban J connectivity index is -0.000000105. The average molecular weight is 147 g/mol. The average Bonchev–Trinajstić information content (AvgIpc) is 1.96. The molecular formula is C9H25N. The van der Waals surface area contributed by atoms with Gasteiger partial charge in [-0.25, -0.2) is 0 Å². The summed E-state index contributed by atoms with van der Waals surface area (Å²) in [4.78, 5) is 2.18. The van der Waals surface area contributed by atoms with Crippen LogP contribution >= 0.6 is 0 Å². The highest BCUT2D eigenvalue weighted by Gasteiger charge is 1.79. The number of hydrogen-bond donors (Lipinski definition) is 0. The normalized spacial score (nSPS) is 7.20. The van der Waals surface area contributed by atoms with Gasteiger partial charge in [-0.15, -0.1) is 0 Å². The van der Waals surface area contributed by atoms with E-state index in [1.165, 1.54) is 13.0 Å². The summed E-state index contributed by atoms with van der Waals surface area (Å²) in [5.41, 5.74) is 0. The van der Waals surface area contributed by atoms with Crippen molar-refractivity contribution in [3.8, 4) is 0 Å². The summed E-state index contributed by atoms with van der Waals surface area (Å²) < 4.78 is 0. The summed E-state index contributed by atoms with van der Waals surface area (Å²) in [5, 5.41) is 0. The molecule has 0 spiro atoms. The molecule has 0 aromatic carbocycles. The van der Waals surface area contributed by atoms with Gasteiger partial charge in [-0.05, 0) is 27.1 Å². The van der Waals surface area contributed by atoms with E-state index in [0.717, 1.165) is 0 Å². The SMILES string of the molecule is CC.CC.CCCN(C)C. The maximum atomic E-state index is 2.18. The summed E-state index contributed by atoms with van der Waals surface area (Å²) in [6, 6.07) is 0. The molecule has 0 heterocycles. The van der Waals surface area contributed by atoms with Crippen molar-refractivity contribution in [2.45, 2.75) is 41.0 Å². The first-order chi connectivity index (χ1) is 4.77. The second kappa shape index (κ2) is 23.1. The van der Waals surface area contributed by atoms with Gasteiger partial charge in [0.25, 0.3) is 0 Å². The van der Waals surface area contributed by atoms with E-state index in [9.17, 15) is 0 Å². The Morgan fingerprint density at radius 2 is 1.20 bits per heavy atom. The monoisotopic (exact) mass is 147 g/mol. The van der Waals surface area contributed by atoms with Crippen molar-refractivity contribution in [3.05, 3.63) is 0 Å². The predicted molar refractivity (Wildman–Crippen MR) is 51.5 cm³/mol. The van der Waals surface area contributed by atoms with E-state index in [1.807, 2.05) is 27.7 Å². The lowest BCUT2D eigenvalue weighted by Crippen LogP contribution is -2.11. The van der Waals surface area contributed by atoms with Gasteiger partial charge < -0.3 is 4.90 Å². The first-order valence-corrected chi connectivity index (χ1v) is 4.42. The van der Waals surface area contributed by atoms with Crippen LogP contribution in [0.1, 0.15) is 41.0 Å². The number of nitrogens with zero attached hydrogens (tertiary/aromatic N) is 1. The lowest BCUT2D eigenvalue weighted by atomic mass is 10.5. The van der Waals surface area contributed by atoms with Crippen LogP contribution in [0, 0.1) is 0 Å². The van der Waals surface area contributed by atoms with Crippen LogP contribution in [0.2, 0.25) is 0 Å². The third kappa shape index (κ3) is 44.0. The zero-order valence-corrected chi connectivity index (χ0v) is 8.86. The van der Waals surface area contributed by atoms with E-state index in [1.54, 1.807) is 0 Å². The molecule has 0 saturated carbocycles. The van der Waals surface area contributed by atoms with Crippen LogP contribution in [-0.4, -0.2) is 25.5 Å². The number of hydrogen-bond acceptors (Lipinski definition) is 1. The molecule has 0 atom stereocenters. The molecule has 0 rings (SSSR count). The molecule has 1 nitrogen and oxygen atoms in total. The fourth-order valence-electron chi connectivity index (χ4n) is 0.447. The van der Waals surface area contributed by atoms with Crippen LogP contribution in [0.25, 0.3) is 0 Å². The Morgan fingerprint density at radius 3 is 1.20 bits per heavy atom. The molecule has 66 valence electrons. The predicted octanol–water partition coefficient (Wildman–Crippen LogP) is 3.01. The smallest absolute Gasteiger partial charge is 0.00275 e. The van der Waals surface area contributed by atoms with Crippen LogP contribution < -0.4 is 0 Å². The van der Waals surface area contributed by atoms with Gasteiger partial charge in [-0.3, -0.25) is 0 Å². The lowest BCUT2D eigenvalue weighted by Gasteiger charge is -2.03. The molecule has 0 unspecified atom stereocenters. The Kier molecular flexibility index (Phi) is 38.1. The van der Waals surface area contributed by atoms with Gasteiger partial charge in [0.15, 0.2) is 0 Å². The van der Waals surface area contributed by atoms with Gasteiger partial charge in [-0.2, -0.15) is 0 Å². The molecule has 0 aliphatic carbocycles. The standard InChI is InChI=1S/C5H13N.2C2H6/c1-4-5-6(2)3;2*1-2/h4-5H2,1-3H3;2*1-2H3. The Labute approximate surface area is 67.4 Å². The Hall–Kier alpha value is -0.0400. The van der Waals surface area contributed by atoms with Crippen molar-refractivity contribution in [1.82, 2.24) is 4.90 Å². The van der Waals surface area contributed by atoms with Gasteiger partial charge in [0.05, 0.1) is 0 Å². The maximum absolute atomic E-state index is 2.18. The highest BCUT2D eigenvalue weighted by Crippen LogP contribution is 1.76. The third-order valence-corrected chi connectivity index (χ3v) is 0.671. The molecule has 0 saturated heterocycles. The van der Waals surface area contributed by atoms with E-state index < -0.39 is 0 Å². The topological polar surface area (TPSA) is 3.24 Å². The van der Waals surface area contributed by atoms with Gasteiger partial charge in [-0.1, -0.05) is 34.6 Å². The zero-order valence-electron chi connectivity index (χ0n) is 8.86. The van der Waals surface area contributed by atoms with Crippen LogP contribution in [0.3, 0.4) is 0 Å². The van der Waals surface area contributed by atoms with Gasteiger partial charge in [0, 0.05) is 0 Å². The first-order valence-electron chi connectivity index (χ1n) is 4.42. The summed E-state index contributed by atoms with van der Waals surface area (Å²) in [5.74, 6) is 0. The zero-order chi connectivity index (χ0) is 8.99. The van der Waals surface area contributed by atoms with E-state index in [-0.39, 0.29) is 0 Å². The van der Waals surface area contributed by atoms with Gasteiger partial charge in [0.2, 0.25) is 0 Å². The molecule has 0 bridgehead atoms. The molecular weight excluding hydrogens is 122 g/mol. The Bertz CT molecular complexity index is 25.9. The molecule has 0 N–H and O–H groups in total. The minimum Gasteiger partial charge on any atom is -0.309 e. The third-order valence-electron chi connectivity index (χ3n) is 0.671. The molecule has 0 amide bonds. The lowest BCUT2D eigenvalue weighted by molar-refractivity contribution is 0.408. The van der Waals surface area contributed by atoms with E-state index in [0.29, 0.717) is 0 Å². The molecule has 0 aromatic heterocycles. The summed E-state index contributed by atoms with van der Waals surface area (Å²) >= 11 is 0. The second-order valence-electron chi connectivity index (χ2n) is 1.80. The van der Waals surface area contributed by atoms with Crippen molar-refractivity contribution in [2.75, 3.05) is 20.6 Å². The minimum absolute atomic E-state index is 1.21. The van der Waals surface area contributed by atoms with Gasteiger partial charge >= 0.3 is 0 Å². The second-order valence-corrected chi connectivity index (χ2v) is 1.80. The number of rotatable bonds is 2. The van der Waals surface area contributed by atoms with Crippen LogP contribution in [0.4, 0.5) is 0 Å². The maximum Gasteiger partial charge on any atom is -0.00275 e. The molecule has 0 fully saturated rings. The molecule has 0 radical (unpaired) electrons. The van der Waals surface area contributed by atoms with Crippen LogP contribution in [0.15, 0.2) is 0 Å². The molecule has 0 aliphatic heterocycles. The van der Waals surface area contributed by atoms with Crippen molar-refractivity contribution >= 4 is 0 Å². The van der Waals surface area contributed by atoms with E-state index in [2.05, 4.69) is 25.9 Å². The minimum atomic E-state index is 1.21. The quantitative estimate of drug-likeness (QED) is 0.580. The van der Waals surface area contributed by atoms with Crippen LogP contribution in [-0.2, 0) is 0 Å². The fourth-order valence-corrected chi connectivity index (χ4v) is 0.447. The highest BCUT2D eigenvalue weighted by atomic mass is 15.0. The summed E-state index contributed by atoms with van der Waals surface area (Å²) in [6.45, 7) is 11.4. The molecule has 1 heteroatoms. The summed E-state index contributed by atoms with van der Waals surface area (Å²) in [7, 11) is 4.17. The van der Waals surface area contributed by atoms with E-state index in [4.69, 9.17) is 0 Å². The Morgan fingerprint density at radius 1 is 0.900 bits per heavy atom. The van der Waals surface area contributed by atoms with Crippen molar-refractivity contribution in [1.29, 1.82) is 0 Å². The van der Waals surface area contributed by atoms with Gasteiger partial charge in [0.1, 0.15) is 0 Å². The summed E-state index contributed by atoms with van der Waals surface area (Å²) in [6.07, 6.45) is 1.26. The van der Waals surface area contributed by atoms with Crippen molar-refractivity contribution in [3.63, 3.8) is 0 Å². The first kappa shape index (κ1) is 16.5. The van der Waals surface area contributed by atoms with Crippen molar-refractivity contribution < 1.29 is 0 Å². The largest absolute Gasteiger partial charge is 0.309 e. The molecule has 0 aromatic rings. The van der Waals surface area contributed by atoms with Crippen LogP contribution in [0.5, 0.6) is 0 Å². The highest BCUT2D eigenvalue weighted by molar-refractivity contribution is 4.34. The molecule has 0 aliphatic rings. The fraction of sp³-hybridized carbons (Fsp3) is 1.00. The van der Waals surface area contributed by atoms with Crippen molar-refractivity contribution in [2.24, 2.45) is 0 Å². The molecule has 10 heavy (non-hydrogen) atoms.